The maximum atomic E-state index is 8.65. The third kappa shape index (κ3) is 2.23. The van der Waals surface area contributed by atoms with E-state index in [0.717, 1.165) is 0 Å². The molecule has 0 aliphatic carbocycles. The normalized spacial score (nSPS) is 22.1. The van der Waals surface area contributed by atoms with E-state index in [4.69, 9.17) is 21.1 Å². The molecule has 50 valence electrons. The minimum Gasteiger partial charge on any atom is -0.394 e. The van der Waals surface area contributed by atoms with E-state index in [1.807, 2.05) is 0 Å². The molecule has 0 rings (SSSR count). The van der Waals surface area contributed by atoms with Crippen LogP contribution in [0, 0.1) is 0 Å². The van der Waals surface area contributed by atoms with E-state index in [1.54, 1.807) is 0 Å². The Hall–Kier alpha value is -0.160. The predicted octanol–water partition coefficient (Wildman–Crippen LogP) is -1.99. The molecule has 4 nitrogen and oxygen atoms in total. The van der Waals surface area contributed by atoms with Crippen molar-refractivity contribution in [2.45, 2.75) is 18.8 Å². The molecule has 5 N–H and O–H groups in total. The Kier molecular flexibility index (Phi) is 2.36. The molecule has 0 radical (unpaired) electrons. The van der Waals surface area contributed by atoms with E-state index in [0.29, 0.717) is 0 Å². The van der Waals surface area contributed by atoms with Gasteiger partial charge >= 0.3 is 0 Å². The summed E-state index contributed by atoms with van der Waals surface area (Å²) in [6.45, 7) is 0.692. The van der Waals surface area contributed by atoms with E-state index < -0.39 is 18.4 Å². The van der Waals surface area contributed by atoms with Crippen molar-refractivity contribution in [3.8, 4) is 0 Å². The van der Waals surface area contributed by atoms with Gasteiger partial charge in [0.2, 0.25) is 0 Å². The molecule has 0 saturated carbocycles. The van der Waals surface area contributed by atoms with Crippen LogP contribution >= 0.6 is 0 Å². The van der Waals surface area contributed by atoms with Crippen LogP contribution in [0.2, 0.25) is 0 Å². The number of aliphatic hydroxyl groups is 3. The van der Waals surface area contributed by atoms with Crippen molar-refractivity contribution in [1.29, 1.82) is 0 Å². The monoisotopic (exact) mass is 121 g/mol. The highest BCUT2D eigenvalue weighted by atomic mass is 16.4. The van der Waals surface area contributed by atoms with Crippen molar-refractivity contribution in [3.63, 3.8) is 0 Å². The zero-order valence-corrected chi connectivity index (χ0v) is 4.70. The first-order valence-corrected chi connectivity index (χ1v) is 2.28. The van der Waals surface area contributed by atoms with Gasteiger partial charge in [-0.05, 0) is 6.92 Å². The van der Waals surface area contributed by atoms with Crippen LogP contribution in [0.1, 0.15) is 6.92 Å². The lowest BCUT2D eigenvalue weighted by Crippen LogP contribution is -2.49. The standard InChI is InChI=1S/C4H11NO3/c1-4(5,8)3(7)2-6/h3,6-8H,2,5H2,1H3. The van der Waals surface area contributed by atoms with Crippen LogP contribution in [0.4, 0.5) is 0 Å². The summed E-state index contributed by atoms with van der Waals surface area (Å²) in [6, 6.07) is 0. The molecule has 0 aromatic heterocycles. The van der Waals surface area contributed by atoms with Gasteiger partial charge in [0, 0.05) is 0 Å². The van der Waals surface area contributed by atoms with Crippen LogP contribution in [-0.4, -0.2) is 33.8 Å². The fourth-order valence-corrected chi connectivity index (χ4v) is 0.185. The number of hydrogen-bond donors (Lipinski definition) is 4. The van der Waals surface area contributed by atoms with E-state index in [9.17, 15) is 0 Å². The fourth-order valence-electron chi connectivity index (χ4n) is 0.185. The Balaban J connectivity index is 3.62. The summed E-state index contributed by atoms with van der Waals surface area (Å²) in [5.74, 6) is 0. The number of aliphatic hydroxyl groups excluding tert-OH is 2. The smallest absolute Gasteiger partial charge is 0.139 e. The molecular weight excluding hydrogens is 110 g/mol. The molecule has 0 aliphatic heterocycles. The summed E-state index contributed by atoms with van der Waals surface area (Å²) in [7, 11) is 0. The van der Waals surface area contributed by atoms with E-state index >= 15 is 0 Å². The minimum atomic E-state index is -1.69. The van der Waals surface area contributed by atoms with Crippen LogP contribution in [-0.2, 0) is 0 Å². The van der Waals surface area contributed by atoms with Gasteiger partial charge in [-0.15, -0.1) is 0 Å². The van der Waals surface area contributed by atoms with Crippen LogP contribution in [0.3, 0.4) is 0 Å². The molecule has 0 saturated heterocycles. The largest absolute Gasteiger partial charge is 0.394 e. The average molecular weight is 121 g/mol. The maximum absolute atomic E-state index is 8.65. The SMILES string of the molecule is CC(N)(O)C(O)CO. The van der Waals surface area contributed by atoms with Gasteiger partial charge in [-0.25, -0.2) is 0 Å². The van der Waals surface area contributed by atoms with E-state index in [-0.39, 0.29) is 0 Å². The van der Waals surface area contributed by atoms with Crippen LogP contribution in [0.5, 0.6) is 0 Å². The van der Waals surface area contributed by atoms with E-state index in [2.05, 4.69) is 0 Å². The third-order valence-electron chi connectivity index (χ3n) is 0.848. The molecule has 0 heterocycles. The predicted molar refractivity (Wildman–Crippen MR) is 27.9 cm³/mol. The Labute approximate surface area is 47.6 Å². The van der Waals surface area contributed by atoms with Gasteiger partial charge in [-0.2, -0.15) is 0 Å². The molecule has 0 spiro atoms. The first-order valence-electron chi connectivity index (χ1n) is 2.28. The van der Waals surface area contributed by atoms with Crippen molar-refractivity contribution in [2.24, 2.45) is 5.73 Å². The molecule has 0 bridgehead atoms. The summed E-state index contributed by atoms with van der Waals surface area (Å²) in [6.07, 6.45) is -1.26. The first kappa shape index (κ1) is 7.84. The summed E-state index contributed by atoms with van der Waals surface area (Å²) >= 11 is 0. The summed E-state index contributed by atoms with van der Waals surface area (Å²) in [5, 5.41) is 25.4. The van der Waals surface area contributed by atoms with Gasteiger partial charge in [0.1, 0.15) is 11.8 Å². The van der Waals surface area contributed by atoms with Crippen LogP contribution < -0.4 is 5.73 Å². The zero-order chi connectivity index (χ0) is 6.78. The third-order valence-corrected chi connectivity index (χ3v) is 0.848. The van der Waals surface area contributed by atoms with Crippen LogP contribution in [0.15, 0.2) is 0 Å². The first-order chi connectivity index (χ1) is 3.48. The molecule has 0 aromatic carbocycles. The topological polar surface area (TPSA) is 86.7 Å². The Morgan fingerprint density at radius 3 is 2.12 bits per heavy atom. The lowest BCUT2D eigenvalue weighted by Gasteiger charge is -2.21. The molecule has 4 heteroatoms. The molecule has 2 unspecified atom stereocenters. The Morgan fingerprint density at radius 1 is 1.75 bits per heavy atom. The second-order valence-electron chi connectivity index (χ2n) is 1.92. The highest BCUT2D eigenvalue weighted by Gasteiger charge is 2.23. The average Bonchev–Trinajstić information content (AvgIpc) is 1.62. The van der Waals surface area contributed by atoms with Gasteiger partial charge < -0.3 is 21.1 Å². The maximum Gasteiger partial charge on any atom is 0.139 e. The van der Waals surface area contributed by atoms with Crippen molar-refractivity contribution < 1.29 is 15.3 Å². The number of nitrogens with two attached hydrogens (primary N) is 1. The lowest BCUT2D eigenvalue weighted by atomic mass is 10.1. The second kappa shape index (κ2) is 2.41. The summed E-state index contributed by atoms with van der Waals surface area (Å²) in [4.78, 5) is 0. The Bertz CT molecular complexity index is 68.2. The van der Waals surface area contributed by atoms with Gasteiger partial charge in [0.15, 0.2) is 0 Å². The quantitative estimate of drug-likeness (QED) is 0.318. The molecule has 0 aromatic rings. The molecule has 0 fully saturated rings. The number of hydrogen-bond acceptors (Lipinski definition) is 4. The minimum absolute atomic E-state index is 0.524. The van der Waals surface area contributed by atoms with Gasteiger partial charge in [-0.1, -0.05) is 0 Å². The van der Waals surface area contributed by atoms with Crippen molar-refractivity contribution in [2.75, 3.05) is 6.61 Å². The van der Waals surface area contributed by atoms with Crippen LogP contribution in [0.25, 0.3) is 0 Å². The van der Waals surface area contributed by atoms with Crippen molar-refractivity contribution in [1.82, 2.24) is 0 Å². The van der Waals surface area contributed by atoms with Crippen molar-refractivity contribution in [3.05, 3.63) is 0 Å². The molecule has 2 atom stereocenters. The summed E-state index contributed by atoms with van der Waals surface area (Å²) < 4.78 is 0. The highest BCUT2D eigenvalue weighted by molar-refractivity contribution is 4.72. The van der Waals surface area contributed by atoms with Gasteiger partial charge in [0.25, 0.3) is 0 Å². The fraction of sp³-hybridized carbons (Fsp3) is 1.00. The Morgan fingerprint density at radius 2 is 2.12 bits per heavy atom. The van der Waals surface area contributed by atoms with Gasteiger partial charge in [-0.3, -0.25) is 0 Å². The second-order valence-corrected chi connectivity index (χ2v) is 1.92. The van der Waals surface area contributed by atoms with Gasteiger partial charge in [0.05, 0.1) is 6.61 Å². The zero-order valence-electron chi connectivity index (χ0n) is 4.70. The molecular formula is C4H11NO3. The van der Waals surface area contributed by atoms with Crippen molar-refractivity contribution >= 4 is 0 Å². The van der Waals surface area contributed by atoms with E-state index in [1.165, 1.54) is 6.92 Å². The molecule has 8 heavy (non-hydrogen) atoms. The highest BCUT2D eigenvalue weighted by Crippen LogP contribution is 1.98. The molecule has 0 aliphatic rings. The molecule has 0 amide bonds. The summed E-state index contributed by atoms with van der Waals surface area (Å²) in [5.41, 5.74) is 3.25. The lowest BCUT2D eigenvalue weighted by molar-refractivity contribution is -0.0787. The number of rotatable bonds is 2.